The van der Waals surface area contributed by atoms with Crippen LogP contribution >= 0.6 is 27.5 Å². The van der Waals surface area contributed by atoms with Gasteiger partial charge in [-0.3, -0.25) is 0 Å². The average molecular weight is 330 g/mol. The zero-order chi connectivity index (χ0) is 13.1. The molecule has 0 saturated heterocycles. The maximum Gasteiger partial charge on any atom is 0.222 e. The maximum absolute atomic E-state index is 5.97. The molecule has 0 atom stereocenters. The van der Waals surface area contributed by atoms with E-state index in [0.717, 1.165) is 10.2 Å². The Morgan fingerprint density at radius 2 is 2.22 bits per heavy atom. The minimum Gasteiger partial charge on any atom is -0.495 e. The monoisotopic (exact) mass is 328 g/mol. The summed E-state index contributed by atoms with van der Waals surface area (Å²) in [5, 5.41) is 3.45. The van der Waals surface area contributed by atoms with Crippen LogP contribution in [0.3, 0.4) is 0 Å². The van der Waals surface area contributed by atoms with Crippen LogP contribution in [0.2, 0.25) is 5.02 Å². The van der Waals surface area contributed by atoms with E-state index in [9.17, 15) is 0 Å². The Morgan fingerprint density at radius 3 is 2.94 bits per heavy atom. The van der Waals surface area contributed by atoms with Crippen LogP contribution in [-0.2, 0) is 0 Å². The van der Waals surface area contributed by atoms with Crippen LogP contribution in [0.4, 0.5) is 17.5 Å². The van der Waals surface area contributed by atoms with Crippen LogP contribution in [0.5, 0.6) is 5.75 Å². The summed E-state index contributed by atoms with van der Waals surface area (Å²) < 4.78 is 6.06. The second kappa shape index (κ2) is 5.41. The molecule has 0 aliphatic carbocycles. The fourth-order valence-corrected chi connectivity index (χ4v) is 1.89. The molecule has 0 saturated carbocycles. The van der Waals surface area contributed by atoms with Gasteiger partial charge in [0.2, 0.25) is 5.95 Å². The van der Waals surface area contributed by atoms with Gasteiger partial charge in [-0.2, -0.15) is 4.98 Å². The number of halogens is 2. The minimum atomic E-state index is 0.158. The molecule has 18 heavy (non-hydrogen) atoms. The van der Waals surface area contributed by atoms with Gasteiger partial charge in [0.15, 0.2) is 5.82 Å². The van der Waals surface area contributed by atoms with Crippen LogP contribution < -0.4 is 15.8 Å². The summed E-state index contributed by atoms with van der Waals surface area (Å²) >= 11 is 9.35. The number of anilines is 3. The molecule has 0 radical (unpaired) electrons. The van der Waals surface area contributed by atoms with Crippen LogP contribution in [0.15, 0.2) is 28.9 Å². The van der Waals surface area contributed by atoms with Gasteiger partial charge < -0.3 is 15.8 Å². The summed E-state index contributed by atoms with van der Waals surface area (Å²) in [6.07, 6.45) is 1.45. The molecule has 5 nitrogen and oxygen atoms in total. The molecular formula is C11H10BrClN4O. The van der Waals surface area contributed by atoms with Crippen molar-refractivity contribution in [1.29, 1.82) is 0 Å². The van der Waals surface area contributed by atoms with Gasteiger partial charge >= 0.3 is 0 Å². The number of nitrogens with one attached hydrogen (secondary N) is 1. The third-order valence-electron chi connectivity index (χ3n) is 2.18. The average Bonchev–Trinajstić information content (AvgIpc) is 2.36. The lowest BCUT2D eigenvalue weighted by molar-refractivity contribution is 0.412. The first kappa shape index (κ1) is 12.9. The number of benzene rings is 1. The van der Waals surface area contributed by atoms with E-state index in [1.807, 2.05) is 18.2 Å². The number of hydrogen-bond donors (Lipinski definition) is 2. The molecule has 0 bridgehead atoms. The highest BCUT2D eigenvalue weighted by Gasteiger charge is 2.06. The standard InChI is InChI=1S/C11H10BrClN4O/c1-18-9-4-6(2-3-7(9)12)16-10-8(13)5-15-11(14)17-10/h2-5H,1H3,(H3,14,15,16,17). The molecule has 1 aromatic carbocycles. The highest BCUT2D eigenvalue weighted by atomic mass is 79.9. The second-order valence-electron chi connectivity index (χ2n) is 3.40. The Balaban J connectivity index is 2.31. The van der Waals surface area contributed by atoms with E-state index in [1.54, 1.807) is 7.11 Å². The molecule has 2 rings (SSSR count). The molecule has 0 amide bonds. The van der Waals surface area contributed by atoms with E-state index < -0.39 is 0 Å². The largest absolute Gasteiger partial charge is 0.495 e. The summed E-state index contributed by atoms with van der Waals surface area (Å²) in [5.41, 5.74) is 6.30. The molecule has 0 spiro atoms. The maximum atomic E-state index is 5.97. The van der Waals surface area contributed by atoms with Gasteiger partial charge in [0, 0.05) is 11.8 Å². The van der Waals surface area contributed by atoms with Crippen LogP contribution in [0.25, 0.3) is 0 Å². The Bertz CT molecular complexity index is 579. The van der Waals surface area contributed by atoms with Crippen molar-refractivity contribution < 1.29 is 4.74 Å². The number of hydrogen-bond acceptors (Lipinski definition) is 5. The molecule has 1 aromatic heterocycles. The minimum absolute atomic E-state index is 0.158. The summed E-state index contributed by atoms with van der Waals surface area (Å²) in [5.74, 6) is 1.32. The van der Waals surface area contributed by atoms with Crippen molar-refractivity contribution in [2.24, 2.45) is 0 Å². The van der Waals surface area contributed by atoms with Gasteiger partial charge in [0.25, 0.3) is 0 Å². The molecule has 0 aliphatic heterocycles. The zero-order valence-corrected chi connectivity index (χ0v) is 11.8. The Morgan fingerprint density at radius 1 is 1.44 bits per heavy atom. The molecule has 2 aromatic rings. The fourth-order valence-electron chi connectivity index (χ4n) is 1.34. The third-order valence-corrected chi connectivity index (χ3v) is 3.11. The number of nitrogens with zero attached hydrogens (tertiary/aromatic N) is 2. The van der Waals surface area contributed by atoms with Gasteiger partial charge in [0.1, 0.15) is 10.8 Å². The Labute approximate surface area is 117 Å². The van der Waals surface area contributed by atoms with Crippen molar-refractivity contribution >= 4 is 45.0 Å². The molecule has 0 fully saturated rings. The van der Waals surface area contributed by atoms with Crippen molar-refractivity contribution in [1.82, 2.24) is 9.97 Å². The predicted octanol–water partition coefficient (Wildman–Crippen LogP) is 3.23. The van der Waals surface area contributed by atoms with Crippen molar-refractivity contribution in [3.05, 3.63) is 33.9 Å². The zero-order valence-electron chi connectivity index (χ0n) is 9.45. The first-order chi connectivity index (χ1) is 8.60. The fraction of sp³-hybridized carbons (Fsp3) is 0.0909. The third kappa shape index (κ3) is 2.83. The molecule has 0 unspecified atom stereocenters. The van der Waals surface area contributed by atoms with E-state index in [4.69, 9.17) is 22.1 Å². The quantitative estimate of drug-likeness (QED) is 0.904. The number of nitrogens with two attached hydrogens (primary N) is 1. The number of nitrogen functional groups attached to an aromatic ring is 1. The van der Waals surface area contributed by atoms with E-state index in [1.165, 1.54) is 6.20 Å². The molecule has 3 N–H and O–H groups in total. The van der Waals surface area contributed by atoms with E-state index in [0.29, 0.717) is 16.6 Å². The number of methoxy groups -OCH3 is 1. The smallest absolute Gasteiger partial charge is 0.222 e. The first-order valence-electron chi connectivity index (χ1n) is 4.98. The van der Waals surface area contributed by atoms with E-state index in [-0.39, 0.29) is 5.95 Å². The number of aromatic nitrogens is 2. The first-order valence-corrected chi connectivity index (χ1v) is 6.16. The van der Waals surface area contributed by atoms with Crippen molar-refractivity contribution in [2.45, 2.75) is 0 Å². The van der Waals surface area contributed by atoms with Gasteiger partial charge in [0.05, 0.1) is 17.8 Å². The summed E-state index contributed by atoms with van der Waals surface area (Å²) in [7, 11) is 1.60. The van der Waals surface area contributed by atoms with Crippen LogP contribution in [-0.4, -0.2) is 17.1 Å². The van der Waals surface area contributed by atoms with Crippen LogP contribution in [0, 0.1) is 0 Å². The van der Waals surface area contributed by atoms with Crippen molar-refractivity contribution in [2.75, 3.05) is 18.2 Å². The molecular weight excluding hydrogens is 320 g/mol. The summed E-state index contributed by atoms with van der Waals surface area (Å²) in [4.78, 5) is 7.81. The van der Waals surface area contributed by atoms with E-state index >= 15 is 0 Å². The van der Waals surface area contributed by atoms with Gasteiger partial charge in [-0.15, -0.1) is 0 Å². The summed E-state index contributed by atoms with van der Waals surface area (Å²) in [6, 6.07) is 5.54. The topological polar surface area (TPSA) is 73.1 Å². The normalized spacial score (nSPS) is 10.2. The predicted molar refractivity (Wildman–Crippen MR) is 75.4 cm³/mol. The molecule has 1 heterocycles. The SMILES string of the molecule is COc1cc(Nc2nc(N)ncc2Cl)ccc1Br. The molecule has 94 valence electrons. The van der Waals surface area contributed by atoms with Crippen molar-refractivity contribution in [3.8, 4) is 5.75 Å². The lowest BCUT2D eigenvalue weighted by atomic mass is 10.3. The van der Waals surface area contributed by atoms with Crippen molar-refractivity contribution in [3.63, 3.8) is 0 Å². The Kier molecular flexibility index (Phi) is 3.88. The molecule has 0 aliphatic rings. The van der Waals surface area contributed by atoms with E-state index in [2.05, 4.69) is 31.2 Å². The van der Waals surface area contributed by atoms with Gasteiger partial charge in [-0.05, 0) is 28.1 Å². The number of ether oxygens (including phenoxy) is 1. The van der Waals surface area contributed by atoms with Gasteiger partial charge in [-0.1, -0.05) is 11.6 Å². The number of rotatable bonds is 3. The highest BCUT2D eigenvalue weighted by molar-refractivity contribution is 9.10. The highest BCUT2D eigenvalue weighted by Crippen LogP contribution is 2.30. The second-order valence-corrected chi connectivity index (χ2v) is 4.66. The summed E-state index contributed by atoms with van der Waals surface area (Å²) in [6.45, 7) is 0. The lowest BCUT2D eigenvalue weighted by Gasteiger charge is -2.10. The lowest BCUT2D eigenvalue weighted by Crippen LogP contribution is -2.00. The van der Waals surface area contributed by atoms with Crippen LogP contribution in [0.1, 0.15) is 0 Å². The Hall–Kier alpha value is -1.53. The molecule has 7 heteroatoms. The van der Waals surface area contributed by atoms with Gasteiger partial charge in [-0.25, -0.2) is 4.98 Å².